The predicted molar refractivity (Wildman–Crippen MR) is 41.6 cm³/mol. The van der Waals surface area contributed by atoms with E-state index >= 15 is 0 Å². The lowest BCUT2D eigenvalue weighted by Gasteiger charge is -2.12. The van der Waals surface area contributed by atoms with E-state index in [-0.39, 0.29) is 17.4 Å². The van der Waals surface area contributed by atoms with Crippen molar-refractivity contribution in [2.75, 3.05) is 0 Å². The van der Waals surface area contributed by atoms with Gasteiger partial charge in [0.2, 0.25) is 11.7 Å². The number of aliphatic hydroxyl groups is 1. The number of nitrogens with one attached hydrogen (secondary N) is 1. The van der Waals surface area contributed by atoms with Crippen LogP contribution in [0.25, 0.3) is 0 Å². The van der Waals surface area contributed by atoms with Crippen LogP contribution >= 0.6 is 0 Å². The first-order chi connectivity index (χ1) is 6.09. The minimum Gasteiger partial charge on any atom is -0.386 e. The van der Waals surface area contributed by atoms with Gasteiger partial charge < -0.3 is 15.2 Å². The number of rotatable bonds is 1. The van der Waals surface area contributed by atoms with Crippen molar-refractivity contribution in [1.29, 1.82) is 0 Å². The maximum Gasteiger partial charge on any atom is 0.221 e. The van der Waals surface area contributed by atoms with E-state index in [2.05, 4.69) is 5.32 Å². The summed E-state index contributed by atoms with van der Waals surface area (Å²) in [5, 5.41) is 11.7. The van der Waals surface area contributed by atoms with E-state index < -0.39 is 18.3 Å². The number of carbonyl (C=O) groups is 2. The fourth-order valence-corrected chi connectivity index (χ4v) is 1.39. The van der Waals surface area contributed by atoms with Crippen LogP contribution in [0.1, 0.15) is 6.92 Å². The lowest BCUT2D eigenvalue weighted by Crippen LogP contribution is -2.34. The summed E-state index contributed by atoms with van der Waals surface area (Å²) in [6.45, 7) is 1.31. The maximum absolute atomic E-state index is 11.3. The summed E-state index contributed by atoms with van der Waals surface area (Å²) in [7, 11) is 0. The average molecular weight is 183 g/mol. The molecule has 0 saturated carbocycles. The van der Waals surface area contributed by atoms with Crippen molar-refractivity contribution < 1.29 is 19.4 Å². The van der Waals surface area contributed by atoms with Gasteiger partial charge in [0, 0.05) is 6.92 Å². The molecule has 1 unspecified atom stereocenters. The number of epoxide rings is 1. The van der Waals surface area contributed by atoms with Gasteiger partial charge in [-0.3, -0.25) is 9.59 Å². The fourth-order valence-electron chi connectivity index (χ4n) is 1.39. The Labute approximate surface area is 74.4 Å². The number of Topliss-reactive ketones (excluding diaryl/α,β-unsaturated/α-hetero) is 1. The molecule has 0 aromatic carbocycles. The number of fused-ring (bicyclic) bond motifs is 1. The van der Waals surface area contributed by atoms with Gasteiger partial charge in [-0.25, -0.2) is 0 Å². The summed E-state index contributed by atoms with van der Waals surface area (Å²) in [6, 6.07) is 0. The lowest BCUT2D eigenvalue weighted by atomic mass is 10.0. The monoisotopic (exact) mass is 183 g/mol. The molecule has 2 rings (SSSR count). The third-order valence-electron chi connectivity index (χ3n) is 2.03. The van der Waals surface area contributed by atoms with Crippen molar-refractivity contribution in [3.05, 3.63) is 11.8 Å². The molecule has 5 heteroatoms. The van der Waals surface area contributed by atoms with Gasteiger partial charge in [-0.15, -0.1) is 0 Å². The summed E-state index contributed by atoms with van der Waals surface area (Å²) in [5.74, 6) is -0.587. The number of ether oxygens (including phenoxy) is 1. The molecule has 0 radical (unpaired) electrons. The van der Waals surface area contributed by atoms with Crippen LogP contribution in [0.3, 0.4) is 0 Å². The average Bonchev–Trinajstić information content (AvgIpc) is 2.77. The maximum atomic E-state index is 11.3. The van der Waals surface area contributed by atoms with Crippen LogP contribution in [0.15, 0.2) is 11.8 Å². The van der Waals surface area contributed by atoms with Crippen molar-refractivity contribution in [2.24, 2.45) is 0 Å². The first kappa shape index (κ1) is 8.40. The second-order valence-corrected chi connectivity index (χ2v) is 3.14. The molecular weight excluding hydrogens is 174 g/mol. The van der Waals surface area contributed by atoms with E-state index in [0.29, 0.717) is 0 Å². The Hall–Kier alpha value is -1.20. The van der Waals surface area contributed by atoms with Gasteiger partial charge in [-0.1, -0.05) is 0 Å². The molecule has 0 aromatic heterocycles. The number of ketones is 1. The van der Waals surface area contributed by atoms with Gasteiger partial charge in [0.25, 0.3) is 0 Å². The van der Waals surface area contributed by atoms with Gasteiger partial charge in [0.15, 0.2) is 6.10 Å². The molecule has 1 heterocycles. The molecule has 5 nitrogen and oxygen atoms in total. The zero-order valence-corrected chi connectivity index (χ0v) is 6.98. The Morgan fingerprint density at radius 2 is 2.38 bits per heavy atom. The van der Waals surface area contributed by atoms with Gasteiger partial charge in [-0.05, 0) is 6.08 Å². The molecule has 2 aliphatic rings. The summed E-state index contributed by atoms with van der Waals surface area (Å²) < 4.78 is 4.91. The molecule has 70 valence electrons. The lowest BCUT2D eigenvalue weighted by molar-refractivity contribution is -0.122. The number of carbonyl (C=O) groups excluding carboxylic acids is 2. The summed E-state index contributed by atoms with van der Waals surface area (Å²) in [6.07, 6.45) is -0.422. The van der Waals surface area contributed by atoms with Crippen LogP contribution < -0.4 is 5.32 Å². The summed E-state index contributed by atoms with van der Waals surface area (Å²) in [5.41, 5.74) is 0.138. The third-order valence-corrected chi connectivity index (χ3v) is 2.03. The Kier molecular flexibility index (Phi) is 1.71. The number of hydrogen-bond acceptors (Lipinski definition) is 4. The van der Waals surface area contributed by atoms with Crippen LogP contribution in [0.4, 0.5) is 0 Å². The highest BCUT2D eigenvalue weighted by molar-refractivity contribution is 6.04. The van der Waals surface area contributed by atoms with Crippen LogP contribution in [0.2, 0.25) is 0 Å². The van der Waals surface area contributed by atoms with E-state index in [4.69, 9.17) is 4.74 Å². The summed E-state index contributed by atoms with van der Waals surface area (Å²) >= 11 is 0. The van der Waals surface area contributed by atoms with Gasteiger partial charge in [0.05, 0.1) is 5.70 Å². The second-order valence-electron chi connectivity index (χ2n) is 3.14. The van der Waals surface area contributed by atoms with E-state index in [1.807, 2.05) is 0 Å². The van der Waals surface area contributed by atoms with Crippen molar-refractivity contribution >= 4 is 11.7 Å². The first-order valence-corrected chi connectivity index (χ1v) is 3.97. The molecule has 1 amide bonds. The van der Waals surface area contributed by atoms with Gasteiger partial charge in [-0.2, -0.15) is 0 Å². The Balaban J connectivity index is 2.17. The van der Waals surface area contributed by atoms with Crippen molar-refractivity contribution in [3.63, 3.8) is 0 Å². The SMILES string of the molecule is CC(=O)NC1=C[C@H](O)[C@@H]2OC2C1=O. The molecule has 2 N–H and O–H groups in total. The van der Waals surface area contributed by atoms with Crippen molar-refractivity contribution in [2.45, 2.75) is 25.2 Å². The normalized spacial score (nSPS) is 36.3. The van der Waals surface area contributed by atoms with Gasteiger partial charge in [0.1, 0.15) is 12.2 Å². The summed E-state index contributed by atoms with van der Waals surface area (Å²) in [4.78, 5) is 22.0. The Morgan fingerprint density at radius 3 is 3.00 bits per heavy atom. The highest BCUT2D eigenvalue weighted by atomic mass is 16.6. The fraction of sp³-hybridized carbons (Fsp3) is 0.500. The topological polar surface area (TPSA) is 78.9 Å². The molecule has 13 heavy (non-hydrogen) atoms. The second kappa shape index (κ2) is 2.65. The predicted octanol–water partition coefficient (Wildman–Crippen LogP) is -1.28. The minimum atomic E-state index is -0.787. The van der Waals surface area contributed by atoms with Crippen LogP contribution in [0, 0.1) is 0 Å². The van der Waals surface area contributed by atoms with E-state index in [1.165, 1.54) is 13.0 Å². The number of hydrogen-bond donors (Lipinski definition) is 2. The molecule has 0 bridgehead atoms. The third kappa shape index (κ3) is 1.36. The largest absolute Gasteiger partial charge is 0.386 e. The first-order valence-electron chi connectivity index (χ1n) is 3.97. The van der Waals surface area contributed by atoms with Crippen LogP contribution in [-0.2, 0) is 14.3 Å². The Morgan fingerprint density at radius 1 is 1.69 bits per heavy atom. The number of aliphatic hydroxyl groups excluding tert-OH is 1. The molecular formula is C8H9NO4. The van der Waals surface area contributed by atoms with Crippen molar-refractivity contribution in [1.82, 2.24) is 5.32 Å². The highest BCUT2D eigenvalue weighted by Gasteiger charge is 2.53. The quantitative estimate of drug-likeness (QED) is 0.496. The van der Waals surface area contributed by atoms with Crippen molar-refractivity contribution in [3.8, 4) is 0 Å². The standard InChI is InChI=1S/C8H9NO4/c1-3(10)9-4-2-5(11)7-8(13-7)6(4)12/h2,5,7-8,11H,1H3,(H,9,10)/t5-,7-,8?/m0/s1. The van der Waals surface area contributed by atoms with E-state index in [0.717, 1.165) is 0 Å². The number of amides is 1. The van der Waals surface area contributed by atoms with Crippen LogP contribution in [-0.4, -0.2) is 35.1 Å². The molecule has 1 aliphatic heterocycles. The van der Waals surface area contributed by atoms with E-state index in [9.17, 15) is 14.7 Å². The molecule has 1 saturated heterocycles. The zero-order chi connectivity index (χ0) is 9.59. The van der Waals surface area contributed by atoms with E-state index in [1.54, 1.807) is 0 Å². The minimum absolute atomic E-state index is 0.138. The molecule has 0 aromatic rings. The molecule has 0 spiro atoms. The highest BCUT2D eigenvalue weighted by Crippen LogP contribution is 2.32. The van der Waals surface area contributed by atoms with Crippen LogP contribution in [0.5, 0.6) is 0 Å². The zero-order valence-electron chi connectivity index (χ0n) is 6.98. The van der Waals surface area contributed by atoms with Gasteiger partial charge >= 0.3 is 0 Å². The molecule has 1 fully saturated rings. The Bertz CT molecular complexity index is 309. The molecule has 3 atom stereocenters. The molecule has 1 aliphatic carbocycles. The smallest absolute Gasteiger partial charge is 0.221 e.